The number of nitrogens with one attached hydrogen (secondary N) is 1. The lowest BCUT2D eigenvalue weighted by molar-refractivity contribution is 0.0806. The average molecular weight is 252 g/mol. The summed E-state index contributed by atoms with van der Waals surface area (Å²) >= 11 is 0. The molecule has 0 saturated carbocycles. The van der Waals surface area contributed by atoms with E-state index in [1.165, 1.54) is 0 Å². The van der Waals surface area contributed by atoms with Gasteiger partial charge in [-0.3, -0.25) is 0 Å². The summed E-state index contributed by atoms with van der Waals surface area (Å²) in [5.41, 5.74) is 1.08. The molecule has 102 valence electrons. The molecule has 1 aromatic heterocycles. The number of rotatable bonds is 8. The Morgan fingerprint density at radius 3 is 2.67 bits per heavy atom. The Morgan fingerprint density at radius 2 is 2.00 bits per heavy atom. The summed E-state index contributed by atoms with van der Waals surface area (Å²) in [5.74, 6) is 0.713. The Labute approximate surface area is 110 Å². The molecule has 1 N–H and O–H groups in total. The molecule has 0 atom stereocenters. The quantitative estimate of drug-likeness (QED) is 0.721. The van der Waals surface area contributed by atoms with Gasteiger partial charge < -0.3 is 14.8 Å². The summed E-state index contributed by atoms with van der Waals surface area (Å²) in [7, 11) is 0. The molecule has 0 amide bonds. The SMILES string of the molecule is CC(C)OCCNCc1cccnc1OC(C)C. The molecule has 0 aromatic carbocycles. The minimum atomic E-state index is 0.142. The molecule has 0 aliphatic heterocycles. The first-order valence-corrected chi connectivity index (χ1v) is 6.52. The maximum Gasteiger partial charge on any atom is 0.218 e. The molecule has 0 fully saturated rings. The van der Waals surface area contributed by atoms with Crippen LogP contribution in [0, 0.1) is 0 Å². The smallest absolute Gasteiger partial charge is 0.218 e. The fourth-order valence-electron chi connectivity index (χ4n) is 1.48. The van der Waals surface area contributed by atoms with Crippen molar-refractivity contribution in [3.8, 4) is 5.88 Å². The topological polar surface area (TPSA) is 43.4 Å². The van der Waals surface area contributed by atoms with Crippen LogP contribution in [-0.4, -0.2) is 30.3 Å². The Bertz CT molecular complexity index is 340. The molecule has 0 unspecified atom stereocenters. The fourth-order valence-corrected chi connectivity index (χ4v) is 1.48. The van der Waals surface area contributed by atoms with Gasteiger partial charge in [0.2, 0.25) is 5.88 Å². The first kappa shape index (κ1) is 14.9. The van der Waals surface area contributed by atoms with Gasteiger partial charge >= 0.3 is 0 Å². The zero-order valence-corrected chi connectivity index (χ0v) is 11.8. The monoisotopic (exact) mass is 252 g/mol. The van der Waals surface area contributed by atoms with Gasteiger partial charge in [0.1, 0.15) is 0 Å². The van der Waals surface area contributed by atoms with Crippen LogP contribution in [0.25, 0.3) is 0 Å². The third-order valence-electron chi connectivity index (χ3n) is 2.24. The van der Waals surface area contributed by atoms with E-state index in [0.717, 1.165) is 25.3 Å². The van der Waals surface area contributed by atoms with Crippen LogP contribution in [0.4, 0.5) is 0 Å². The van der Waals surface area contributed by atoms with E-state index in [2.05, 4.69) is 10.3 Å². The molecule has 0 spiro atoms. The lowest BCUT2D eigenvalue weighted by Crippen LogP contribution is -2.21. The molecule has 0 aliphatic rings. The van der Waals surface area contributed by atoms with Crippen LogP contribution in [0.1, 0.15) is 33.3 Å². The Balaban J connectivity index is 2.37. The standard InChI is InChI=1S/C14H24N2O2/c1-11(2)17-9-8-15-10-13-6-5-7-16-14(13)18-12(3)4/h5-7,11-12,15H,8-10H2,1-4H3. The lowest BCUT2D eigenvalue weighted by Gasteiger charge is -2.13. The van der Waals surface area contributed by atoms with Crippen molar-refractivity contribution in [2.24, 2.45) is 0 Å². The van der Waals surface area contributed by atoms with Crippen molar-refractivity contribution in [3.63, 3.8) is 0 Å². The molecule has 1 aromatic rings. The van der Waals surface area contributed by atoms with Crippen molar-refractivity contribution in [1.29, 1.82) is 0 Å². The Kier molecular flexibility index (Phi) is 6.68. The van der Waals surface area contributed by atoms with E-state index < -0.39 is 0 Å². The molecule has 4 heteroatoms. The number of hydrogen-bond donors (Lipinski definition) is 1. The summed E-state index contributed by atoms with van der Waals surface area (Å²) in [5, 5.41) is 3.33. The summed E-state index contributed by atoms with van der Waals surface area (Å²) in [6.45, 7) is 10.4. The van der Waals surface area contributed by atoms with Gasteiger partial charge in [-0.05, 0) is 33.8 Å². The van der Waals surface area contributed by atoms with E-state index in [1.807, 2.05) is 39.8 Å². The summed E-state index contributed by atoms with van der Waals surface area (Å²) in [6.07, 6.45) is 2.18. The minimum absolute atomic E-state index is 0.142. The zero-order valence-electron chi connectivity index (χ0n) is 11.8. The van der Waals surface area contributed by atoms with Crippen molar-refractivity contribution in [3.05, 3.63) is 23.9 Å². The normalized spacial score (nSPS) is 11.2. The summed E-state index contributed by atoms with van der Waals surface area (Å²) in [6, 6.07) is 3.95. The van der Waals surface area contributed by atoms with Crippen LogP contribution in [0.15, 0.2) is 18.3 Å². The van der Waals surface area contributed by atoms with Crippen LogP contribution >= 0.6 is 0 Å². The van der Waals surface area contributed by atoms with Crippen molar-refractivity contribution in [2.45, 2.75) is 46.4 Å². The van der Waals surface area contributed by atoms with Crippen LogP contribution < -0.4 is 10.1 Å². The molecular weight excluding hydrogens is 228 g/mol. The van der Waals surface area contributed by atoms with Crippen molar-refractivity contribution in [2.75, 3.05) is 13.2 Å². The van der Waals surface area contributed by atoms with Gasteiger partial charge in [0.15, 0.2) is 0 Å². The molecule has 1 heterocycles. The maximum atomic E-state index is 5.66. The van der Waals surface area contributed by atoms with Gasteiger partial charge in [0.25, 0.3) is 0 Å². The predicted octanol–water partition coefficient (Wildman–Crippen LogP) is 2.38. The zero-order chi connectivity index (χ0) is 13.4. The van der Waals surface area contributed by atoms with E-state index in [0.29, 0.717) is 5.88 Å². The Hall–Kier alpha value is -1.13. The van der Waals surface area contributed by atoms with Crippen molar-refractivity contribution >= 4 is 0 Å². The van der Waals surface area contributed by atoms with Crippen LogP contribution in [-0.2, 0) is 11.3 Å². The highest BCUT2D eigenvalue weighted by molar-refractivity contribution is 5.25. The minimum Gasteiger partial charge on any atom is -0.475 e. The molecule has 18 heavy (non-hydrogen) atoms. The molecule has 4 nitrogen and oxygen atoms in total. The van der Waals surface area contributed by atoms with Crippen molar-refractivity contribution < 1.29 is 9.47 Å². The van der Waals surface area contributed by atoms with E-state index in [4.69, 9.17) is 9.47 Å². The second kappa shape index (κ2) is 8.06. The Morgan fingerprint density at radius 1 is 1.22 bits per heavy atom. The number of ether oxygens (including phenoxy) is 2. The van der Waals surface area contributed by atoms with Crippen molar-refractivity contribution in [1.82, 2.24) is 10.3 Å². The number of aromatic nitrogens is 1. The fraction of sp³-hybridized carbons (Fsp3) is 0.643. The molecule has 1 rings (SSSR count). The second-order valence-corrected chi connectivity index (χ2v) is 4.73. The molecule has 0 radical (unpaired) electrons. The van der Waals surface area contributed by atoms with Crippen LogP contribution in [0.5, 0.6) is 5.88 Å². The lowest BCUT2D eigenvalue weighted by atomic mass is 10.2. The van der Waals surface area contributed by atoms with Gasteiger partial charge in [-0.15, -0.1) is 0 Å². The number of nitrogens with zero attached hydrogens (tertiary/aromatic N) is 1. The predicted molar refractivity (Wildman–Crippen MR) is 72.8 cm³/mol. The average Bonchev–Trinajstić information content (AvgIpc) is 2.29. The van der Waals surface area contributed by atoms with Gasteiger partial charge in [0.05, 0.1) is 18.8 Å². The summed E-state index contributed by atoms with van der Waals surface area (Å²) in [4.78, 5) is 4.25. The number of hydrogen-bond acceptors (Lipinski definition) is 4. The van der Waals surface area contributed by atoms with Gasteiger partial charge in [0, 0.05) is 24.8 Å². The molecule has 0 saturated heterocycles. The first-order valence-electron chi connectivity index (χ1n) is 6.52. The first-order chi connectivity index (χ1) is 8.59. The van der Waals surface area contributed by atoms with E-state index >= 15 is 0 Å². The largest absolute Gasteiger partial charge is 0.475 e. The molecule has 0 aliphatic carbocycles. The van der Waals surface area contributed by atoms with Crippen LogP contribution in [0.2, 0.25) is 0 Å². The summed E-state index contributed by atoms with van der Waals surface area (Å²) < 4.78 is 11.1. The molecule has 0 bridgehead atoms. The third kappa shape index (κ3) is 5.98. The second-order valence-electron chi connectivity index (χ2n) is 4.73. The maximum absolute atomic E-state index is 5.66. The highest BCUT2D eigenvalue weighted by atomic mass is 16.5. The van der Waals surface area contributed by atoms with Crippen LogP contribution in [0.3, 0.4) is 0 Å². The van der Waals surface area contributed by atoms with E-state index in [1.54, 1.807) is 6.20 Å². The highest BCUT2D eigenvalue weighted by Crippen LogP contribution is 2.15. The van der Waals surface area contributed by atoms with Gasteiger partial charge in [-0.2, -0.15) is 0 Å². The van der Waals surface area contributed by atoms with Gasteiger partial charge in [-0.1, -0.05) is 6.07 Å². The molecular formula is C14H24N2O2. The van der Waals surface area contributed by atoms with E-state index in [-0.39, 0.29) is 12.2 Å². The van der Waals surface area contributed by atoms with E-state index in [9.17, 15) is 0 Å². The third-order valence-corrected chi connectivity index (χ3v) is 2.24. The number of pyridine rings is 1. The highest BCUT2D eigenvalue weighted by Gasteiger charge is 2.05. The van der Waals surface area contributed by atoms with Gasteiger partial charge in [-0.25, -0.2) is 4.98 Å².